The molecule has 0 aliphatic carbocycles. The summed E-state index contributed by atoms with van der Waals surface area (Å²) >= 11 is 0. The van der Waals surface area contributed by atoms with Gasteiger partial charge in [0.1, 0.15) is 0 Å². The zero-order valence-corrected chi connectivity index (χ0v) is 16.4. The second kappa shape index (κ2) is 7.17. The fraction of sp³-hybridized carbons (Fsp3) is 0.364. The number of H-pyrrole nitrogens is 2. The van der Waals surface area contributed by atoms with Crippen molar-refractivity contribution in [2.45, 2.75) is 50.9 Å². The minimum atomic E-state index is -0.651. The largest absolute Gasteiger partial charge is 0.387 e. The second-order valence-corrected chi connectivity index (χ2v) is 8.01. The number of aromatic nitrogens is 4. The number of aromatic amines is 2. The standard InChI is InChI=1S/C22H25N5O2/c1-13(5-6-14-11-24-17-7-9-23-12-16(14)17)25-19-8-10-27-20-15(21(19)28)3-2-4-18(20)26-22(27)29/h2-4,7,9,11-13,19,21,24-25,28H,5-6,8,10H2,1H3,(H,26,29). The highest BCUT2D eigenvalue weighted by atomic mass is 16.3. The zero-order chi connectivity index (χ0) is 20.0. The van der Waals surface area contributed by atoms with Crippen molar-refractivity contribution in [3.63, 3.8) is 0 Å². The van der Waals surface area contributed by atoms with Gasteiger partial charge in [0.05, 0.1) is 17.1 Å². The summed E-state index contributed by atoms with van der Waals surface area (Å²) in [6, 6.07) is 7.81. The number of aliphatic hydroxyl groups excluding tert-OH is 1. The molecule has 7 heteroatoms. The molecule has 3 aromatic heterocycles. The summed E-state index contributed by atoms with van der Waals surface area (Å²) in [7, 11) is 0. The molecule has 4 heterocycles. The average molecular weight is 391 g/mol. The first kappa shape index (κ1) is 18.1. The Morgan fingerprint density at radius 2 is 2.24 bits per heavy atom. The number of nitrogens with one attached hydrogen (secondary N) is 3. The van der Waals surface area contributed by atoms with E-state index in [2.05, 4.69) is 33.4 Å². The zero-order valence-electron chi connectivity index (χ0n) is 16.4. The molecule has 3 atom stereocenters. The molecule has 150 valence electrons. The van der Waals surface area contributed by atoms with Gasteiger partial charge in [-0.25, -0.2) is 4.79 Å². The summed E-state index contributed by atoms with van der Waals surface area (Å²) < 4.78 is 1.75. The van der Waals surface area contributed by atoms with Crippen LogP contribution in [0.5, 0.6) is 0 Å². The number of pyridine rings is 1. The highest BCUT2D eigenvalue weighted by molar-refractivity contribution is 5.82. The molecule has 1 aliphatic rings. The Bertz CT molecular complexity index is 1220. The highest BCUT2D eigenvalue weighted by Crippen LogP contribution is 2.30. The third-order valence-electron chi connectivity index (χ3n) is 6.10. The summed E-state index contributed by atoms with van der Waals surface area (Å²) in [5.74, 6) is 0. The fourth-order valence-corrected chi connectivity index (χ4v) is 4.56. The quantitative estimate of drug-likeness (QED) is 0.420. The number of nitrogens with zero attached hydrogens (tertiary/aromatic N) is 2. The summed E-state index contributed by atoms with van der Waals surface area (Å²) in [5, 5.41) is 15.8. The predicted molar refractivity (Wildman–Crippen MR) is 113 cm³/mol. The van der Waals surface area contributed by atoms with E-state index in [-0.39, 0.29) is 17.8 Å². The smallest absolute Gasteiger partial charge is 0.326 e. The van der Waals surface area contributed by atoms with Crippen LogP contribution < -0.4 is 11.0 Å². The Morgan fingerprint density at radius 3 is 3.14 bits per heavy atom. The monoisotopic (exact) mass is 391 g/mol. The lowest BCUT2D eigenvalue weighted by Crippen LogP contribution is -2.41. The molecule has 4 N–H and O–H groups in total. The average Bonchev–Trinajstić information content (AvgIpc) is 3.24. The predicted octanol–water partition coefficient (Wildman–Crippen LogP) is 2.62. The lowest BCUT2D eigenvalue weighted by molar-refractivity contribution is 0.119. The van der Waals surface area contributed by atoms with Crippen molar-refractivity contribution < 1.29 is 5.11 Å². The normalized spacial score (nSPS) is 20.2. The van der Waals surface area contributed by atoms with Gasteiger partial charge in [-0.15, -0.1) is 0 Å². The molecule has 0 fully saturated rings. The lowest BCUT2D eigenvalue weighted by Gasteiger charge is -2.26. The van der Waals surface area contributed by atoms with Crippen molar-refractivity contribution >= 4 is 21.9 Å². The van der Waals surface area contributed by atoms with E-state index in [9.17, 15) is 9.90 Å². The van der Waals surface area contributed by atoms with Crippen molar-refractivity contribution in [2.75, 3.05) is 0 Å². The van der Waals surface area contributed by atoms with Gasteiger partial charge >= 0.3 is 5.69 Å². The number of rotatable bonds is 5. The van der Waals surface area contributed by atoms with Gasteiger partial charge in [-0.2, -0.15) is 0 Å². The van der Waals surface area contributed by atoms with E-state index >= 15 is 0 Å². The first-order valence-electron chi connectivity index (χ1n) is 10.2. The van der Waals surface area contributed by atoms with Crippen LogP contribution in [0.4, 0.5) is 0 Å². The number of hydrogen-bond acceptors (Lipinski definition) is 4. The van der Waals surface area contributed by atoms with Crippen molar-refractivity contribution in [1.29, 1.82) is 0 Å². The summed E-state index contributed by atoms with van der Waals surface area (Å²) in [5.41, 5.74) is 4.68. The molecule has 3 unspecified atom stereocenters. The van der Waals surface area contributed by atoms with E-state index in [1.807, 2.05) is 30.5 Å². The number of hydrogen-bond donors (Lipinski definition) is 4. The van der Waals surface area contributed by atoms with Gasteiger partial charge in [-0.05, 0) is 43.9 Å². The van der Waals surface area contributed by atoms with Gasteiger partial charge in [0.2, 0.25) is 0 Å². The summed E-state index contributed by atoms with van der Waals surface area (Å²) in [6.07, 6.45) is 7.68. The highest BCUT2D eigenvalue weighted by Gasteiger charge is 2.29. The number of aryl methyl sites for hydroxylation is 2. The van der Waals surface area contributed by atoms with E-state index < -0.39 is 6.10 Å². The van der Waals surface area contributed by atoms with Gasteiger partial charge in [0.15, 0.2) is 0 Å². The third kappa shape index (κ3) is 3.16. The molecular formula is C22H25N5O2. The van der Waals surface area contributed by atoms with E-state index in [0.29, 0.717) is 13.0 Å². The van der Waals surface area contributed by atoms with Crippen LogP contribution in [0.25, 0.3) is 21.9 Å². The molecule has 0 spiro atoms. The van der Waals surface area contributed by atoms with Crippen LogP contribution in [0.3, 0.4) is 0 Å². The molecule has 0 bridgehead atoms. The molecule has 1 aromatic carbocycles. The van der Waals surface area contributed by atoms with E-state index in [4.69, 9.17) is 0 Å². The Hall–Kier alpha value is -2.90. The van der Waals surface area contributed by atoms with Crippen LogP contribution >= 0.6 is 0 Å². The van der Waals surface area contributed by atoms with Crippen LogP contribution in [0.1, 0.15) is 37.0 Å². The first-order valence-corrected chi connectivity index (χ1v) is 10.2. The third-order valence-corrected chi connectivity index (χ3v) is 6.10. The van der Waals surface area contributed by atoms with Crippen LogP contribution in [0.15, 0.2) is 47.7 Å². The van der Waals surface area contributed by atoms with Gasteiger partial charge in [-0.1, -0.05) is 12.1 Å². The molecule has 5 rings (SSSR count). The van der Waals surface area contributed by atoms with Crippen LogP contribution in [0, 0.1) is 0 Å². The summed E-state index contributed by atoms with van der Waals surface area (Å²) in [6.45, 7) is 2.74. The molecule has 0 amide bonds. The number of para-hydroxylation sites is 1. The fourth-order valence-electron chi connectivity index (χ4n) is 4.56. The lowest BCUT2D eigenvalue weighted by atomic mass is 9.98. The maximum Gasteiger partial charge on any atom is 0.326 e. The van der Waals surface area contributed by atoms with Crippen LogP contribution in [0.2, 0.25) is 0 Å². The van der Waals surface area contributed by atoms with Gasteiger partial charge in [-0.3, -0.25) is 9.55 Å². The maximum atomic E-state index is 12.3. The van der Waals surface area contributed by atoms with Gasteiger partial charge in [0, 0.05) is 53.7 Å². The van der Waals surface area contributed by atoms with Crippen LogP contribution in [-0.2, 0) is 13.0 Å². The van der Waals surface area contributed by atoms with Crippen LogP contribution in [-0.4, -0.2) is 36.7 Å². The Morgan fingerprint density at radius 1 is 1.34 bits per heavy atom. The first-order chi connectivity index (χ1) is 14.1. The maximum absolute atomic E-state index is 12.3. The molecule has 0 saturated heterocycles. The van der Waals surface area contributed by atoms with Crippen molar-refractivity contribution in [1.82, 2.24) is 24.8 Å². The minimum absolute atomic E-state index is 0.0977. The molecule has 29 heavy (non-hydrogen) atoms. The van der Waals surface area contributed by atoms with Crippen molar-refractivity contribution in [3.8, 4) is 0 Å². The Kier molecular flexibility index (Phi) is 4.49. The van der Waals surface area contributed by atoms with Crippen molar-refractivity contribution in [3.05, 3.63) is 64.5 Å². The second-order valence-electron chi connectivity index (χ2n) is 8.01. The van der Waals surface area contributed by atoms with E-state index in [0.717, 1.165) is 35.0 Å². The Balaban J connectivity index is 1.31. The number of imidazole rings is 1. The topological polar surface area (TPSA) is 98.7 Å². The molecular weight excluding hydrogens is 366 g/mol. The number of aliphatic hydroxyl groups is 1. The molecule has 7 nitrogen and oxygen atoms in total. The summed E-state index contributed by atoms with van der Waals surface area (Å²) in [4.78, 5) is 22.7. The minimum Gasteiger partial charge on any atom is -0.387 e. The van der Waals surface area contributed by atoms with E-state index in [1.54, 1.807) is 10.8 Å². The van der Waals surface area contributed by atoms with Crippen molar-refractivity contribution in [2.24, 2.45) is 0 Å². The van der Waals surface area contributed by atoms with Gasteiger partial charge in [0.25, 0.3) is 0 Å². The molecule has 0 radical (unpaired) electrons. The SMILES string of the molecule is CC(CCc1c[nH]c2ccncc12)NC1CCn2c(=O)[nH]c3cccc(c32)C1O. The molecule has 0 saturated carbocycles. The number of fused-ring (bicyclic) bond motifs is 1. The molecule has 1 aliphatic heterocycles. The molecule has 4 aromatic rings. The van der Waals surface area contributed by atoms with Gasteiger partial charge < -0.3 is 20.4 Å². The van der Waals surface area contributed by atoms with E-state index in [1.165, 1.54) is 10.9 Å². The Labute approximate surface area is 167 Å². The number of benzene rings is 1.